The molecule has 0 radical (unpaired) electrons. The van der Waals surface area contributed by atoms with E-state index in [1.807, 2.05) is 0 Å². The Morgan fingerprint density at radius 2 is 1.77 bits per heavy atom. The van der Waals surface area contributed by atoms with Crippen LogP contribution in [-0.2, 0) is 4.79 Å². The molecule has 3 fully saturated rings. The predicted molar refractivity (Wildman–Crippen MR) is 126 cm³/mol. The van der Waals surface area contributed by atoms with Gasteiger partial charge in [0.2, 0.25) is 0 Å². The monoisotopic (exact) mass is 423 g/mol. The number of hydrogen-bond acceptors (Lipinski definition) is 4. The Hall–Kier alpha value is -0.650. The molecule has 0 amide bonds. The van der Waals surface area contributed by atoms with Crippen molar-refractivity contribution < 1.29 is 9.90 Å². The first-order chi connectivity index (χ1) is 14.1. The minimum atomic E-state index is -0.883. The van der Waals surface area contributed by atoms with Gasteiger partial charge in [0.1, 0.15) is 6.04 Å². The Morgan fingerprint density at radius 3 is 2.20 bits per heavy atom. The summed E-state index contributed by atoms with van der Waals surface area (Å²) in [5.41, 5.74) is 6.89. The van der Waals surface area contributed by atoms with Crippen molar-refractivity contribution in [2.75, 3.05) is 40.3 Å². The summed E-state index contributed by atoms with van der Waals surface area (Å²) in [5, 5.41) is 8.73. The van der Waals surface area contributed by atoms with Crippen LogP contribution in [0.4, 0.5) is 0 Å². The number of piperidine rings is 1. The lowest BCUT2D eigenvalue weighted by Gasteiger charge is -2.51. The van der Waals surface area contributed by atoms with Crippen LogP contribution in [0.3, 0.4) is 0 Å². The van der Waals surface area contributed by atoms with E-state index in [2.05, 4.69) is 44.7 Å². The molecule has 3 rings (SSSR count). The van der Waals surface area contributed by atoms with E-state index in [0.717, 1.165) is 36.9 Å². The van der Waals surface area contributed by atoms with Crippen molar-refractivity contribution in [1.29, 1.82) is 0 Å². The standard InChI is InChI=1S/C13H24N2O2.C12H25N/c1-10-8-13(9-10)3-6-15(7-4-13)5-2-11(14)12(16)17;1-5-11-9-12(6-2,10-11)7-8-13(3)4/h10-11H,2-9,14H2,1H3,(H,16,17);11H,5-10H2,1-4H3. The highest BCUT2D eigenvalue weighted by atomic mass is 16.4. The summed E-state index contributed by atoms with van der Waals surface area (Å²) in [6, 6.07) is -0.699. The first-order valence-electron chi connectivity index (χ1n) is 12.5. The third-order valence-electron chi connectivity index (χ3n) is 8.41. The molecule has 2 saturated carbocycles. The maximum Gasteiger partial charge on any atom is 0.320 e. The summed E-state index contributed by atoms with van der Waals surface area (Å²) in [6.07, 6.45) is 13.1. The first kappa shape index (κ1) is 25.6. The van der Waals surface area contributed by atoms with Crippen LogP contribution in [0.2, 0.25) is 0 Å². The van der Waals surface area contributed by atoms with Crippen LogP contribution in [0.25, 0.3) is 0 Å². The molecule has 5 heteroatoms. The van der Waals surface area contributed by atoms with Crippen molar-refractivity contribution in [2.24, 2.45) is 28.4 Å². The van der Waals surface area contributed by atoms with E-state index in [1.54, 1.807) is 0 Å². The lowest BCUT2D eigenvalue weighted by atomic mass is 9.58. The summed E-state index contributed by atoms with van der Waals surface area (Å²) in [6.45, 7) is 11.4. The number of nitrogens with two attached hydrogens (primary N) is 1. The molecule has 0 aromatic heterocycles. The molecule has 1 saturated heterocycles. The second-order valence-electron chi connectivity index (χ2n) is 11.2. The van der Waals surface area contributed by atoms with Gasteiger partial charge in [-0.3, -0.25) is 4.79 Å². The van der Waals surface area contributed by atoms with Crippen LogP contribution in [0.15, 0.2) is 0 Å². The maximum atomic E-state index is 10.6. The number of carbonyl (C=O) groups is 1. The lowest BCUT2D eigenvalue weighted by molar-refractivity contribution is -0.138. The largest absolute Gasteiger partial charge is 0.480 e. The third-order valence-corrected chi connectivity index (χ3v) is 8.41. The summed E-state index contributed by atoms with van der Waals surface area (Å²) < 4.78 is 0. The first-order valence-corrected chi connectivity index (χ1v) is 12.5. The van der Waals surface area contributed by atoms with Gasteiger partial charge in [-0.15, -0.1) is 0 Å². The molecular formula is C25H49N3O2. The summed E-state index contributed by atoms with van der Waals surface area (Å²) in [7, 11) is 4.36. The second kappa shape index (κ2) is 11.3. The van der Waals surface area contributed by atoms with E-state index >= 15 is 0 Å². The zero-order valence-electron chi connectivity index (χ0n) is 20.5. The highest BCUT2D eigenvalue weighted by Crippen LogP contribution is 2.52. The van der Waals surface area contributed by atoms with Gasteiger partial charge in [0, 0.05) is 6.54 Å². The molecular weight excluding hydrogens is 374 g/mol. The number of carboxylic acids is 1. The number of aliphatic carboxylic acids is 1. The van der Waals surface area contributed by atoms with Crippen molar-refractivity contribution in [3.63, 3.8) is 0 Å². The Bertz CT molecular complexity index is 514. The van der Waals surface area contributed by atoms with E-state index in [0.29, 0.717) is 11.8 Å². The average molecular weight is 424 g/mol. The number of hydrogen-bond donors (Lipinski definition) is 2. The molecule has 3 N–H and O–H groups in total. The fourth-order valence-electron chi connectivity index (χ4n) is 6.11. The van der Waals surface area contributed by atoms with Gasteiger partial charge in [-0.1, -0.05) is 33.6 Å². The van der Waals surface area contributed by atoms with E-state index in [4.69, 9.17) is 10.8 Å². The molecule has 0 aromatic rings. The minimum Gasteiger partial charge on any atom is -0.480 e. The fourth-order valence-corrected chi connectivity index (χ4v) is 6.11. The highest BCUT2D eigenvalue weighted by molar-refractivity contribution is 5.72. The lowest BCUT2D eigenvalue weighted by Crippen LogP contribution is -2.47. The molecule has 5 nitrogen and oxygen atoms in total. The van der Waals surface area contributed by atoms with Gasteiger partial charge in [-0.2, -0.15) is 0 Å². The van der Waals surface area contributed by atoms with E-state index in [9.17, 15) is 4.79 Å². The van der Waals surface area contributed by atoms with Crippen molar-refractivity contribution in [2.45, 2.75) is 91.0 Å². The van der Waals surface area contributed by atoms with Gasteiger partial charge in [0.05, 0.1) is 0 Å². The Kier molecular flexibility index (Phi) is 9.63. The van der Waals surface area contributed by atoms with Crippen LogP contribution in [0.1, 0.15) is 85.0 Å². The molecule has 176 valence electrons. The van der Waals surface area contributed by atoms with Gasteiger partial charge in [0.15, 0.2) is 0 Å². The molecule has 1 spiro atoms. The van der Waals surface area contributed by atoms with Crippen LogP contribution in [-0.4, -0.2) is 67.2 Å². The Morgan fingerprint density at radius 1 is 1.17 bits per heavy atom. The predicted octanol–water partition coefficient (Wildman–Crippen LogP) is 4.46. The number of carboxylic acid groups (broad SMARTS) is 1. The van der Waals surface area contributed by atoms with Gasteiger partial charge in [-0.05, 0) is 108 Å². The molecule has 1 unspecified atom stereocenters. The van der Waals surface area contributed by atoms with Crippen LogP contribution >= 0.6 is 0 Å². The van der Waals surface area contributed by atoms with Gasteiger partial charge < -0.3 is 20.6 Å². The van der Waals surface area contributed by atoms with Crippen molar-refractivity contribution in [3.05, 3.63) is 0 Å². The van der Waals surface area contributed by atoms with E-state index < -0.39 is 12.0 Å². The van der Waals surface area contributed by atoms with Crippen molar-refractivity contribution in [1.82, 2.24) is 9.80 Å². The third kappa shape index (κ3) is 7.20. The maximum absolute atomic E-state index is 10.6. The van der Waals surface area contributed by atoms with Crippen LogP contribution in [0, 0.1) is 22.7 Å². The smallest absolute Gasteiger partial charge is 0.320 e. The summed E-state index contributed by atoms with van der Waals surface area (Å²) in [4.78, 5) is 15.3. The molecule has 30 heavy (non-hydrogen) atoms. The number of nitrogens with zero attached hydrogens (tertiary/aromatic N) is 2. The topological polar surface area (TPSA) is 69.8 Å². The second-order valence-corrected chi connectivity index (χ2v) is 11.2. The molecule has 1 atom stereocenters. The molecule has 0 aromatic carbocycles. The van der Waals surface area contributed by atoms with Gasteiger partial charge >= 0.3 is 5.97 Å². The van der Waals surface area contributed by atoms with Gasteiger partial charge in [0.25, 0.3) is 0 Å². The normalized spacial score (nSPS) is 29.6. The van der Waals surface area contributed by atoms with Crippen LogP contribution < -0.4 is 5.73 Å². The van der Waals surface area contributed by atoms with Crippen molar-refractivity contribution in [3.8, 4) is 0 Å². The zero-order valence-corrected chi connectivity index (χ0v) is 20.5. The van der Waals surface area contributed by atoms with Crippen molar-refractivity contribution >= 4 is 5.97 Å². The average Bonchev–Trinajstić information content (AvgIpc) is 2.66. The summed E-state index contributed by atoms with van der Waals surface area (Å²) in [5.74, 6) is 1.08. The van der Waals surface area contributed by atoms with E-state index in [-0.39, 0.29) is 0 Å². The highest BCUT2D eigenvalue weighted by Gasteiger charge is 2.43. The molecule has 1 aliphatic heterocycles. The summed E-state index contributed by atoms with van der Waals surface area (Å²) >= 11 is 0. The van der Waals surface area contributed by atoms with Crippen LogP contribution in [0.5, 0.6) is 0 Å². The minimum absolute atomic E-state index is 0.568. The van der Waals surface area contributed by atoms with E-state index in [1.165, 1.54) is 64.3 Å². The molecule has 2 aliphatic carbocycles. The Balaban J connectivity index is 0.000000222. The van der Waals surface area contributed by atoms with Gasteiger partial charge in [-0.25, -0.2) is 0 Å². The Labute approximate surface area is 185 Å². The molecule has 1 heterocycles. The SMILES string of the molecule is CC1CC2(CCN(CCC(N)C(=O)O)CC2)C1.CCC1CC(CC)(CCN(C)C)C1. The molecule has 0 bridgehead atoms. The quantitative estimate of drug-likeness (QED) is 0.573. The number of rotatable bonds is 9. The fraction of sp³-hybridized carbons (Fsp3) is 0.960. The number of likely N-dealkylation sites (tertiary alicyclic amines) is 1. The zero-order chi connectivity index (χ0) is 22.4. The molecule has 3 aliphatic rings.